The van der Waals surface area contributed by atoms with E-state index >= 15 is 0 Å². The van der Waals surface area contributed by atoms with Crippen molar-refractivity contribution in [3.05, 3.63) is 41.6 Å². The van der Waals surface area contributed by atoms with Crippen molar-refractivity contribution < 1.29 is 14.7 Å². The number of aliphatic carboxylic acids is 1. The van der Waals surface area contributed by atoms with Crippen LogP contribution in [0.3, 0.4) is 0 Å². The maximum absolute atomic E-state index is 10.8. The average molecular weight is 264 g/mol. The molecule has 0 aromatic heterocycles. The monoisotopic (exact) mass is 264 g/mol. The van der Waals surface area contributed by atoms with Crippen LogP contribution in [0.2, 0.25) is 0 Å². The maximum Gasteiger partial charge on any atom is 0.354 e. The van der Waals surface area contributed by atoms with E-state index in [0.717, 1.165) is 25.1 Å². The van der Waals surface area contributed by atoms with E-state index in [9.17, 15) is 4.79 Å². The third kappa shape index (κ3) is 5.01. The summed E-state index contributed by atoms with van der Waals surface area (Å²) in [5, 5.41) is 12.1. The summed E-state index contributed by atoms with van der Waals surface area (Å²) in [7, 11) is 0. The number of hydroxylamine groups is 1. The molecule has 0 saturated heterocycles. The zero-order chi connectivity index (χ0) is 14.1. The summed E-state index contributed by atoms with van der Waals surface area (Å²) < 4.78 is 0. The highest BCUT2D eigenvalue weighted by molar-refractivity contribution is 5.85. The quantitative estimate of drug-likeness (QED) is 0.379. The molecule has 0 fully saturated rings. The summed E-state index contributed by atoms with van der Waals surface area (Å²) in [6.07, 6.45) is 2.27. The second-order valence-electron chi connectivity index (χ2n) is 3.92. The highest BCUT2D eigenvalue weighted by atomic mass is 16.6. The van der Waals surface area contributed by atoms with Gasteiger partial charge in [-0.15, -0.1) is 0 Å². The first-order chi connectivity index (χ1) is 9.19. The van der Waals surface area contributed by atoms with Gasteiger partial charge in [0.15, 0.2) is 11.4 Å². The zero-order valence-corrected chi connectivity index (χ0v) is 11.3. The van der Waals surface area contributed by atoms with E-state index < -0.39 is 5.97 Å². The Labute approximate surface area is 113 Å². The molecule has 0 radical (unpaired) electrons. The fraction of sp³-hybridized carbons (Fsp3) is 0.357. The van der Waals surface area contributed by atoms with Gasteiger partial charge in [-0.2, -0.15) is 0 Å². The third-order valence-corrected chi connectivity index (χ3v) is 2.58. The molecule has 1 aromatic rings. The number of nitrogens with one attached hydrogen (secondary N) is 2. The van der Waals surface area contributed by atoms with Crippen LogP contribution < -0.4 is 15.6 Å². The predicted molar refractivity (Wildman–Crippen MR) is 73.8 cm³/mol. The van der Waals surface area contributed by atoms with Crippen molar-refractivity contribution in [3.8, 4) is 5.75 Å². The van der Waals surface area contributed by atoms with Gasteiger partial charge in [0.05, 0.1) is 0 Å². The first-order valence-corrected chi connectivity index (χ1v) is 6.30. The molecule has 0 unspecified atom stereocenters. The minimum atomic E-state index is -1.05. The minimum Gasteiger partial charge on any atom is -0.476 e. The Balaban J connectivity index is 2.64. The van der Waals surface area contributed by atoms with Gasteiger partial charge >= 0.3 is 5.97 Å². The molecule has 104 valence electrons. The lowest BCUT2D eigenvalue weighted by atomic mass is 10.1. The Morgan fingerprint density at radius 1 is 1.42 bits per heavy atom. The van der Waals surface area contributed by atoms with Crippen LogP contribution in [0, 0.1) is 0 Å². The molecule has 0 aliphatic carbocycles. The zero-order valence-electron chi connectivity index (χ0n) is 11.3. The maximum atomic E-state index is 10.8. The van der Waals surface area contributed by atoms with E-state index in [1.54, 1.807) is 6.92 Å². The molecule has 0 atom stereocenters. The SMILES string of the molecule is CC=C(NOc1ccccc1CCNCC)C(=O)O. The fourth-order valence-electron chi connectivity index (χ4n) is 1.55. The number of carboxylic acid groups (broad SMARTS) is 1. The number of rotatable bonds is 8. The molecule has 0 saturated carbocycles. The van der Waals surface area contributed by atoms with Crippen molar-refractivity contribution in [1.82, 2.24) is 10.8 Å². The average Bonchev–Trinajstić information content (AvgIpc) is 2.41. The van der Waals surface area contributed by atoms with Gasteiger partial charge in [-0.1, -0.05) is 31.2 Å². The number of benzene rings is 1. The number of allylic oxidation sites excluding steroid dienone is 1. The van der Waals surface area contributed by atoms with Gasteiger partial charge in [0, 0.05) is 0 Å². The first kappa shape index (κ1) is 15.0. The van der Waals surface area contributed by atoms with Gasteiger partial charge in [-0.05, 0) is 38.1 Å². The fourth-order valence-corrected chi connectivity index (χ4v) is 1.55. The molecule has 0 bridgehead atoms. The van der Waals surface area contributed by atoms with E-state index in [-0.39, 0.29) is 5.70 Å². The van der Waals surface area contributed by atoms with E-state index in [4.69, 9.17) is 9.94 Å². The van der Waals surface area contributed by atoms with Gasteiger partial charge in [-0.3, -0.25) is 0 Å². The number of likely N-dealkylation sites (N-methyl/N-ethyl adjacent to an activating group) is 1. The standard InChI is InChI=1S/C14H20N2O3/c1-3-12(14(17)18)16-19-13-8-6-5-7-11(13)9-10-15-4-2/h3,5-8,15-16H,4,9-10H2,1-2H3,(H,17,18). The van der Waals surface area contributed by atoms with Crippen LogP contribution in [0.25, 0.3) is 0 Å². The molecular weight excluding hydrogens is 244 g/mol. The summed E-state index contributed by atoms with van der Waals surface area (Å²) in [5.74, 6) is -0.409. The van der Waals surface area contributed by atoms with Crippen LogP contribution >= 0.6 is 0 Å². The highest BCUT2D eigenvalue weighted by Gasteiger charge is 2.08. The topological polar surface area (TPSA) is 70.6 Å². The molecule has 0 aliphatic rings. The summed E-state index contributed by atoms with van der Waals surface area (Å²) in [4.78, 5) is 16.2. The molecule has 1 aromatic carbocycles. The molecule has 19 heavy (non-hydrogen) atoms. The van der Waals surface area contributed by atoms with Crippen molar-refractivity contribution in [3.63, 3.8) is 0 Å². The van der Waals surface area contributed by atoms with Crippen LogP contribution in [-0.4, -0.2) is 24.2 Å². The number of para-hydroxylation sites is 1. The molecule has 0 amide bonds. The van der Waals surface area contributed by atoms with E-state index in [1.807, 2.05) is 24.3 Å². The van der Waals surface area contributed by atoms with Gasteiger partial charge < -0.3 is 15.3 Å². The van der Waals surface area contributed by atoms with Gasteiger partial charge in [0.1, 0.15) is 0 Å². The lowest BCUT2D eigenvalue weighted by molar-refractivity contribution is -0.133. The normalized spacial score (nSPS) is 11.2. The number of carbonyl (C=O) groups is 1. The van der Waals surface area contributed by atoms with E-state index in [1.165, 1.54) is 6.08 Å². The smallest absolute Gasteiger partial charge is 0.354 e. The van der Waals surface area contributed by atoms with Crippen molar-refractivity contribution >= 4 is 5.97 Å². The molecule has 5 nitrogen and oxygen atoms in total. The molecule has 3 N–H and O–H groups in total. The largest absolute Gasteiger partial charge is 0.476 e. The summed E-state index contributed by atoms with van der Waals surface area (Å²) in [6.45, 7) is 5.46. The van der Waals surface area contributed by atoms with Crippen LogP contribution in [0.5, 0.6) is 5.75 Å². The van der Waals surface area contributed by atoms with E-state index in [2.05, 4.69) is 17.7 Å². The summed E-state index contributed by atoms with van der Waals surface area (Å²) in [6, 6.07) is 7.56. The van der Waals surface area contributed by atoms with Crippen molar-refractivity contribution in [2.24, 2.45) is 0 Å². The van der Waals surface area contributed by atoms with E-state index in [0.29, 0.717) is 5.75 Å². The predicted octanol–water partition coefficient (Wildman–Crippen LogP) is 1.71. The van der Waals surface area contributed by atoms with Gasteiger partial charge in [0.25, 0.3) is 0 Å². The summed E-state index contributed by atoms with van der Waals surface area (Å²) >= 11 is 0. The first-order valence-electron chi connectivity index (χ1n) is 6.30. The van der Waals surface area contributed by atoms with Crippen molar-refractivity contribution in [2.75, 3.05) is 13.1 Å². The lowest BCUT2D eigenvalue weighted by Crippen LogP contribution is -2.24. The highest BCUT2D eigenvalue weighted by Crippen LogP contribution is 2.17. The second kappa shape index (κ2) is 8.16. The van der Waals surface area contributed by atoms with Crippen LogP contribution in [0.15, 0.2) is 36.0 Å². The molecule has 5 heteroatoms. The second-order valence-corrected chi connectivity index (χ2v) is 3.92. The lowest BCUT2D eigenvalue weighted by Gasteiger charge is -2.12. The molecule has 1 rings (SSSR count). The Kier molecular flexibility index (Phi) is 6.46. The van der Waals surface area contributed by atoms with Gasteiger partial charge in [-0.25, -0.2) is 10.3 Å². The van der Waals surface area contributed by atoms with Crippen LogP contribution in [0.1, 0.15) is 19.4 Å². The van der Waals surface area contributed by atoms with Crippen LogP contribution in [0.4, 0.5) is 0 Å². The Bertz CT molecular complexity index is 444. The molecule has 0 spiro atoms. The van der Waals surface area contributed by atoms with Crippen molar-refractivity contribution in [2.45, 2.75) is 20.3 Å². The number of hydrogen-bond acceptors (Lipinski definition) is 4. The van der Waals surface area contributed by atoms with Crippen molar-refractivity contribution in [1.29, 1.82) is 0 Å². The van der Waals surface area contributed by atoms with Crippen LogP contribution in [-0.2, 0) is 11.2 Å². The molecular formula is C14H20N2O3. The molecule has 0 heterocycles. The number of carboxylic acids is 1. The van der Waals surface area contributed by atoms with Gasteiger partial charge in [0.2, 0.25) is 0 Å². The Morgan fingerprint density at radius 2 is 2.16 bits per heavy atom. The Morgan fingerprint density at radius 3 is 2.79 bits per heavy atom. The summed E-state index contributed by atoms with van der Waals surface area (Å²) in [5.41, 5.74) is 3.50. The third-order valence-electron chi connectivity index (χ3n) is 2.58. The number of hydrogen-bond donors (Lipinski definition) is 3. The molecule has 0 aliphatic heterocycles. The Hall–Kier alpha value is -2.01. The minimum absolute atomic E-state index is 0.0153.